The third-order valence-corrected chi connectivity index (χ3v) is 5.10. The Bertz CT molecular complexity index is 1110. The zero-order chi connectivity index (χ0) is 19.7. The molecule has 142 valence electrons. The Hall–Kier alpha value is -3.21. The van der Waals surface area contributed by atoms with Crippen LogP contribution in [0.2, 0.25) is 0 Å². The molecule has 0 unspecified atom stereocenters. The van der Waals surface area contributed by atoms with Crippen LogP contribution in [0, 0.1) is 12.8 Å². The third-order valence-electron chi connectivity index (χ3n) is 5.10. The van der Waals surface area contributed by atoms with Crippen molar-refractivity contribution in [3.63, 3.8) is 0 Å². The fraction of sp³-hybridized carbons (Fsp3) is 0.261. The second-order valence-corrected chi connectivity index (χ2v) is 7.48. The predicted molar refractivity (Wildman–Crippen MR) is 110 cm³/mol. The molecule has 1 fully saturated rings. The lowest BCUT2D eigenvalue weighted by molar-refractivity contribution is -0.116. The fourth-order valence-electron chi connectivity index (χ4n) is 3.32. The number of aryl methyl sites for hydroxylation is 2. The van der Waals surface area contributed by atoms with Gasteiger partial charge in [-0.15, -0.1) is 0 Å². The third kappa shape index (κ3) is 4.03. The number of nitrogens with one attached hydrogen (secondary N) is 2. The average Bonchev–Trinajstić information content (AvgIpc) is 3.52. The van der Waals surface area contributed by atoms with E-state index in [1.807, 2.05) is 31.2 Å². The Labute approximate surface area is 162 Å². The molecule has 3 aromatic rings. The van der Waals surface area contributed by atoms with Crippen molar-refractivity contribution in [1.82, 2.24) is 4.98 Å². The van der Waals surface area contributed by atoms with Gasteiger partial charge in [-0.1, -0.05) is 12.1 Å². The number of rotatable bonds is 6. The van der Waals surface area contributed by atoms with Crippen LogP contribution in [0.15, 0.2) is 53.3 Å². The van der Waals surface area contributed by atoms with Crippen LogP contribution in [-0.4, -0.2) is 16.7 Å². The van der Waals surface area contributed by atoms with Crippen LogP contribution < -0.4 is 10.9 Å². The molecule has 28 heavy (non-hydrogen) atoms. The second kappa shape index (κ2) is 7.43. The number of anilines is 1. The Morgan fingerprint density at radius 2 is 1.82 bits per heavy atom. The molecule has 0 saturated heterocycles. The molecular formula is C23H22N2O3. The molecule has 1 amide bonds. The normalized spacial score (nSPS) is 13.5. The van der Waals surface area contributed by atoms with E-state index >= 15 is 0 Å². The number of ketones is 1. The van der Waals surface area contributed by atoms with Gasteiger partial charge < -0.3 is 10.3 Å². The maximum absolute atomic E-state index is 12.3. The second-order valence-electron chi connectivity index (χ2n) is 7.48. The Morgan fingerprint density at radius 1 is 1.07 bits per heavy atom. The molecule has 1 heterocycles. The minimum absolute atomic E-state index is 0.158. The van der Waals surface area contributed by atoms with Gasteiger partial charge in [0, 0.05) is 34.7 Å². The molecule has 5 nitrogen and oxygen atoms in total. The zero-order valence-electron chi connectivity index (χ0n) is 15.7. The highest BCUT2D eigenvalue weighted by molar-refractivity contribution is 6.00. The number of fused-ring (bicyclic) bond motifs is 1. The predicted octanol–water partition coefficient (Wildman–Crippen LogP) is 4.00. The molecule has 1 aliphatic rings. The molecule has 0 bridgehead atoms. The summed E-state index contributed by atoms with van der Waals surface area (Å²) in [6.07, 6.45) is 2.53. The topological polar surface area (TPSA) is 79.0 Å². The van der Waals surface area contributed by atoms with Gasteiger partial charge >= 0.3 is 0 Å². The Balaban J connectivity index is 1.38. The van der Waals surface area contributed by atoms with E-state index in [1.54, 1.807) is 24.3 Å². The standard InChI is InChI=1S/C23H22N2O3/c1-14-2-3-17-13-18(23(28)25-20(17)12-14)8-11-21(26)24-19-9-6-16(7-10-19)22(27)15-4-5-15/h2-3,6-7,9-10,12-13,15H,4-5,8,11H2,1H3,(H,24,26)(H,25,28). The molecule has 2 aromatic carbocycles. The van der Waals surface area contributed by atoms with E-state index in [4.69, 9.17) is 0 Å². The van der Waals surface area contributed by atoms with Gasteiger partial charge in [0.25, 0.3) is 5.56 Å². The minimum Gasteiger partial charge on any atom is -0.326 e. The summed E-state index contributed by atoms with van der Waals surface area (Å²) < 4.78 is 0. The molecule has 0 atom stereocenters. The summed E-state index contributed by atoms with van der Waals surface area (Å²) in [4.78, 5) is 39.4. The van der Waals surface area contributed by atoms with Gasteiger partial charge in [0.15, 0.2) is 5.78 Å². The highest BCUT2D eigenvalue weighted by Crippen LogP contribution is 2.32. The summed E-state index contributed by atoms with van der Waals surface area (Å²) in [5.41, 5.74) is 3.67. The van der Waals surface area contributed by atoms with E-state index in [9.17, 15) is 14.4 Å². The van der Waals surface area contributed by atoms with E-state index < -0.39 is 0 Å². The van der Waals surface area contributed by atoms with E-state index in [-0.39, 0.29) is 29.6 Å². The van der Waals surface area contributed by atoms with Gasteiger partial charge in [0.05, 0.1) is 0 Å². The summed E-state index contributed by atoms with van der Waals surface area (Å²) in [5, 5.41) is 3.78. The number of benzene rings is 2. The van der Waals surface area contributed by atoms with Crippen molar-refractivity contribution < 1.29 is 9.59 Å². The maximum Gasteiger partial charge on any atom is 0.251 e. The number of aromatic amines is 1. The lowest BCUT2D eigenvalue weighted by Gasteiger charge is -2.07. The summed E-state index contributed by atoms with van der Waals surface area (Å²) in [5.74, 6) is 0.206. The molecule has 2 N–H and O–H groups in total. The molecule has 0 radical (unpaired) electrons. The summed E-state index contributed by atoms with van der Waals surface area (Å²) in [6.45, 7) is 1.98. The lowest BCUT2D eigenvalue weighted by atomic mass is 10.1. The lowest BCUT2D eigenvalue weighted by Crippen LogP contribution is -2.17. The van der Waals surface area contributed by atoms with E-state index in [1.165, 1.54) is 0 Å². The van der Waals surface area contributed by atoms with Crippen LogP contribution in [0.5, 0.6) is 0 Å². The van der Waals surface area contributed by atoms with Crippen molar-refractivity contribution in [2.45, 2.75) is 32.6 Å². The van der Waals surface area contributed by atoms with Crippen molar-refractivity contribution in [1.29, 1.82) is 0 Å². The number of amides is 1. The van der Waals surface area contributed by atoms with Gasteiger partial charge in [-0.3, -0.25) is 14.4 Å². The number of carbonyl (C=O) groups excluding carboxylic acids is 2. The van der Waals surface area contributed by atoms with Crippen LogP contribution in [0.4, 0.5) is 5.69 Å². The summed E-state index contributed by atoms with van der Waals surface area (Å²) >= 11 is 0. The van der Waals surface area contributed by atoms with Crippen molar-refractivity contribution in [3.8, 4) is 0 Å². The molecule has 0 aliphatic heterocycles. The number of H-pyrrole nitrogens is 1. The fourth-order valence-corrected chi connectivity index (χ4v) is 3.32. The maximum atomic E-state index is 12.3. The number of carbonyl (C=O) groups is 2. The molecular weight excluding hydrogens is 352 g/mol. The SMILES string of the molecule is Cc1ccc2cc(CCC(=O)Nc3ccc(C(=O)C4CC4)cc3)c(=O)[nH]c2c1. The van der Waals surface area contributed by atoms with Gasteiger partial charge in [0.1, 0.15) is 0 Å². The largest absolute Gasteiger partial charge is 0.326 e. The van der Waals surface area contributed by atoms with Crippen molar-refractivity contribution in [2.24, 2.45) is 5.92 Å². The van der Waals surface area contributed by atoms with Gasteiger partial charge in [0.2, 0.25) is 5.91 Å². The van der Waals surface area contributed by atoms with Crippen LogP contribution >= 0.6 is 0 Å². The molecule has 5 heteroatoms. The summed E-state index contributed by atoms with van der Waals surface area (Å²) in [6, 6.07) is 14.8. The van der Waals surface area contributed by atoms with Crippen molar-refractivity contribution in [2.75, 3.05) is 5.32 Å². The number of pyridine rings is 1. The first-order chi connectivity index (χ1) is 13.5. The van der Waals surface area contributed by atoms with Gasteiger partial charge in [-0.05, 0) is 73.5 Å². The van der Waals surface area contributed by atoms with Crippen LogP contribution in [-0.2, 0) is 11.2 Å². The van der Waals surface area contributed by atoms with Crippen LogP contribution in [0.3, 0.4) is 0 Å². The first kappa shape index (κ1) is 18.2. The minimum atomic E-state index is -0.162. The highest BCUT2D eigenvalue weighted by Gasteiger charge is 2.30. The molecule has 1 aliphatic carbocycles. The van der Waals surface area contributed by atoms with E-state index in [2.05, 4.69) is 10.3 Å². The smallest absolute Gasteiger partial charge is 0.251 e. The van der Waals surface area contributed by atoms with Gasteiger partial charge in [-0.2, -0.15) is 0 Å². The van der Waals surface area contributed by atoms with E-state index in [0.717, 1.165) is 29.3 Å². The number of Topliss-reactive ketones (excluding diaryl/α,β-unsaturated/α-hetero) is 1. The molecule has 4 rings (SSSR count). The number of hydrogen-bond acceptors (Lipinski definition) is 3. The van der Waals surface area contributed by atoms with Crippen molar-refractivity contribution in [3.05, 3.63) is 75.6 Å². The number of aromatic nitrogens is 1. The summed E-state index contributed by atoms with van der Waals surface area (Å²) in [7, 11) is 0. The Morgan fingerprint density at radius 3 is 2.54 bits per heavy atom. The molecule has 1 aromatic heterocycles. The van der Waals surface area contributed by atoms with E-state index in [0.29, 0.717) is 23.2 Å². The van der Waals surface area contributed by atoms with Crippen LogP contribution in [0.1, 0.15) is 40.7 Å². The molecule has 1 saturated carbocycles. The quantitative estimate of drug-likeness (QED) is 0.640. The average molecular weight is 374 g/mol. The first-order valence-electron chi connectivity index (χ1n) is 9.56. The monoisotopic (exact) mass is 374 g/mol. The Kier molecular flexibility index (Phi) is 4.82. The van der Waals surface area contributed by atoms with Gasteiger partial charge in [-0.25, -0.2) is 0 Å². The van der Waals surface area contributed by atoms with Crippen molar-refractivity contribution >= 4 is 28.3 Å². The first-order valence-corrected chi connectivity index (χ1v) is 9.56. The zero-order valence-corrected chi connectivity index (χ0v) is 15.7. The number of hydrogen-bond donors (Lipinski definition) is 2. The molecule has 0 spiro atoms. The van der Waals surface area contributed by atoms with Crippen LogP contribution in [0.25, 0.3) is 10.9 Å². The highest BCUT2D eigenvalue weighted by atomic mass is 16.1.